The van der Waals surface area contributed by atoms with Gasteiger partial charge >= 0.3 is 5.63 Å². The van der Waals surface area contributed by atoms with Crippen molar-refractivity contribution in [2.75, 3.05) is 13.6 Å². The Morgan fingerprint density at radius 2 is 2.00 bits per heavy atom. The van der Waals surface area contributed by atoms with E-state index < -0.39 is 5.63 Å². The van der Waals surface area contributed by atoms with Gasteiger partial charge < -0.3 is 14.8 Å². The molecular weight excluding hydrogens is 308 g/mol. The second-order valence-corrected chi connectivity index (χ2v) is 7.15. The average molecular weight is 332 g/mol. The van der Waals surface area contributed by atoms with Crippen LogP contribution in [0.25, 0.3) is 11.0 Å². The molecule has 1 aromatic carbocycles. The third kappa shape index (κ3) is 4.35. The molecule has 0 spiro atoms. The first-order chi connectivity index (χ1) is 11.1. The molecule has 1 heterocycles. The van der Waals surface area contributed by atoms with Crippen LogP contribution >= 0.6 is 0 Å². The molecular formula is C18H24N2O4. The normalized spacial score (nSPS) is 11.9. The molecule has 0 aliphatic heterocycles. The second kappa shape index (κ2) is 6.65. The molecule has 1 amide bonds. The zero-order chi connectivity index (χ0) is 18.1. The van der Waals surface area contributed by atoms with E-state index in [9.17, 15) is 14.7 Å². The quantitative estimate of drug-likeness (QED) is 0.838. The highest BCUT2D eigenvalue weighted by atomic mass is 16.4. The molecule has 0 saturated heterocycles. The van der Waals surface area contributed by atoms with Gasteiger partial charge in [-0.25, -0.2) is 4.79 Å². The summed E-state index contributed by atoms with van der Waals surface area (Å²) in [5, 5.41) is 13.4. The van der Waals surface area contributed by atoms with Crippen molar-refractivity contribution in [2.45, 2.75) is 39.8 Å². The van der Waals surface area contributed by atoms with Crippen LogP contribution in [0, 0.1) is 6.92 Å². The number of aryl methyl sites for hydroxylation is 1. The number of phenolic OH excluding ortho intramolecular Hbond substituents is 1. The number of amides is 1. The van der Waals surface area contributed by atoms with E-state index >= 15 is 0 Å². The number of fused-ring (bicyclic) bond motifs is 1. The second-order valence-electron chi connectivity index (χ2n) is 7.15. The van der Waals surface area contributed by atoms with Crippen LogP contribution in [0.3, 0.4) is 0 Å². The Bertz CT molecular complexity index is 818. The van der Waals surface area contributed by atoms with Crippen molar-refractivity contribution in [2.24, 2.45) is 0 Å². The number of likely N-dealkylation sites (N-methyl/N-ethyl adjacent to an activating group) is 1. The molecule has 0 fully saturated rings. The number of nitrogens with zero attached hydrogens (tertiary/aromatic N) is 1. The molecule has 2 rings (SSSR count). The van der Waals surface area contributed by atoms with Crippen LogP contribution < -0.4 is 10.9 Å². The Hall–Kier alpha value is -2.34. The lowest BCUT2D eigenvalue weighted by Gasteiger charge is -2.23. The molecule has 0 bridgehead atoms. The van der Waals surface area contributed by atoms with Crippen LogP contribution in [0.2, 0.25) is 0 Å². The van der Waals surface area contributed by atoms with Gasteiger partial charge in [-0.15, -0.1) is 0 Å². The molecule has 2 aromatic rings. The van der Waals surface area contributed by atoms with E-state index in [4.69, 9.17) is 4.42 Å². The van der Waals surface area contributed by atoms with Crippen LogP contribution in [0.15, 0.2) is 27.4 Å². The number of benzene rings is 1. The number of nitrogens with one attached hydrogen (secondary N) is 1. The Morgan fingerprint density at radius 1 is 1.33 bits per heavy atom. The van der Waals surface area contributed by atoms with Crippen molar-refractivity contribution >= 4 is 16.9 Å². The smallest absolute Gasteiger partial charge is 0.336 e. The Kier molecular flexibility index (Phi) is 4.99. The summed E-state index contributed by atoms with van der Waals surface area (Å²) in [6.07, 6.45) is 0. The minimum absolute atomic E-state index is 0.0777. The van der Waals surface area contributed by atoms with E-state index in [1.165, 1.54) is 6.07 Å². The van der Waals surface area contributed by atoms with Crippen molar-refractivity contribution < 1.29 is 14.3 Å². The minimum Gasteiger partial charge on any atom is -0.508 e. The topological polar surface area (TPSA) is 82.8 Å². The Balaban J connectivity index is 2.25. The predicted octanol–water partition coefficient (Wildman–Crippen LogP) is 2.15. The molecule has 0 aliphatic carbocycles. The highest BCUT2D eigenvalue weighted by Gasteiger charge is 2.17. The van der Waals surface area contributed by atoms with E-state index in [0.717, 1.165) is 10.9 Å². The largest absolute Gasteiger partial charge is 0.508 e. The summed E-state index contributed by atoms with van der Waals surface area (Å²) in [7, 11) is 1.82. The number of carbonyl (C=O) groups is 1. The van der Waals surface area contributed by atoms with Gasteiger partial charge in [0.2, 0.25) is 5.91 Å². The lowest BCUT2D eigenvalue weighted by atomic mass is 10.1. The third-order valence-electron chi connectivity index (χ3n) is 3.59. The molecule has 1 aromatic heterocycles. The maximum absolute atomic E-state index is 12.0. The number of hydrogen-bond acceptors (Lipinski definition) is 5. The number of phenols is 1. The zero-order valence-electron chi connectivity index (χ0n) is 14.8. The highest BCUT2D eigenvalue weighted by Crippen LogP contribution is 2.27. The van der Waals surface area contributed by atoms with Gasteiger partial charge in [0, 0.05) is 29.1 Å². The molecule has 0 unspecified atom stereocenters. The molecule has 2 N–H and O–H groups in total. The number of carbonyl (C=O) groups excluding carboxylic acids is 1. The molecule has 6 nitrogen and oxygen atoms in total. The van der Waals surface area contributed by atoms with Crippen molar-refractivity contribution in [1.82, 2.24) is 10.2 Å². The number of aromatic hydroxyl groups is 1. The summed E-state index contributed by atoms with van der Waals surface area (Å²) < 4.78 is 5.23. The molecule has 24 heavy (non-hydrogen) atoms. The van der Waals surface area contributed by atoms with Crippen LogP contribution in [0.4, 0.5) is 0 Å². The van der Waals surface area contributed by atoms with Crippen LogP contribution in [0.5, 0.6) is 5.75 Å². The predicted molar refractivity (Wildman–Crippen MR) is 93.1 cm³/mol. The van der Waals surface area contributed by atoms with Gasteiger partial charge in [0.1, 0.15) is 11.3 Å². The lowest BCUT2D eigenvalue weighted by Crippen LogP contribution is -2.45. The molecule has 0 saturated carbocycles. The van der Waals surface area contributed by atoms with Crippen LogP contribution in [-0.4, -0.2) is 35.0 Å². The molecule has 0 radical (unpaired) electrons. The SMILES string of the molecule is Cc1c(O)ccc2c(CN(C)CC(=O)NC(C)(C)C)cc(=O)oc12. The fourth-order valence-electron chi connectivity index (χ4n) is 2.60. The number of rotatable bonds is 4. The lowest BCUT2D eigenvalue weighted by molar-refractivity contribution is -0.123. The van der Waals surface area contributed by atoms with Gasteiger partial charge in [-0.2, -0.15) is 0 Å². The fraction of sp³-hybridized carbons (Fsp3) is 0.444. The van der Waals surface area contributed by atoms with E-state index in [-0.39, 0.29) is 23.7 Å². The zero-order valence-corrected chi connectivity index (χ0v) is 14.8. The van der Waals surface area contributed by atoms with Gasteiger partial charge in [0.15, 0.2) is 0 Å². The number of hydrogen-bond donors (Lipinski definition) is 2. The molecule has 0 aliphatic rings. The fourth-order valence-corrected chi connectivity index (χ4v) is 2.60. The van der Waals surface area contributed by atoms with Crippen LogP contribution in [-0.2, 0) is 11.3 Å². The van der Waals surface area contributed by atoms with E-state index in [1.54, 1.807) is 19.1 Å². The molecule has 130 valence electrons. The third-order valence-corrected chi connectivity index (χ3v) is 3.59. The van der Waals surface area contributed by atoms with Gasteiger partial charge in [-0.05, 0) is 52.4 Å². The first-order valence-electron chi connectivity index (χ1n) is 7.81. The van der Waals surface area contributed by atoms with Crippen molar-refractivity contribution in [3.63, 3.8) is 0 Å². The van der Waals surface area contributed by atoms with E-state index in [0.29, 0.717) is 17.7 Å². The summed E-state index contributed by atoms with van der Waals surface area (Å²) in [6.45, 7) is 8.12. The first-order valence-corrected chi connectivity index (χ1v) is 7.81. The van der Waals surface area contributed by atoms with Crippen molar-refractivity contribution in [3.05, 3.63) is 39.7 Å². The maximum Gasteiger partial charge on any atom is 0.336 e. The average Bonchev–Trinajstić information content (AvgIpc) is 2.40. The summed E-state index contributed by atoms with van der Waals surface area (Å²) in [5.74, 6) is 0.00630. The van der Waals surface area contributed by atoms with Gasteiger partial charge in [-0.1, -0.05) is 0 Å². The monoisotopic (exact) mass is 332 g/mol. The maximum atomic E-state index is 12.0. The standard InChI is InChI=1S/C18H24N2O4/c1-11-14(21)7-6-13-12(8-16(23)24-17(11)13)9-20(5)10-15(22)19-18(2,3)4/h6-8,21H,9-10H2,1-5H3,(H,19,22). The van der Waals surface area contributed by atoms with Gasteiger partial charge in [0.25, 0.3) is 0 Å². The minimum atomic E-state index is -0.473. The summed E-state index contributed by atoms with van der Waals surface area (Å²) in [6, 6.07) is 4.73. The summed E-state index contributed by atoms with van der Waals surface area (Å²) in [4.78, 5) is 25.7. The van der Waals surface area contributed by atoms with Crippen molar-refractivity contribution in [1.29, 1.82) is 0 Å². The van der Waals surface area contributed by atoms with Crippen molar-refractivity contribution in [3.8, 4) is 5.75 Å². The van der Waals surface area contributed by atoms with E-state index in [2.05, 4.69) is 5.32 Å². The molecule has 6 heteroatoms. The molecule has 0 atom stereocenters. The van der Waals surface area contributed by atoms with Gasteiger partial charge in [0.05, 0.1) is 6.54 Å². The highest BCUT2D eigenvalue weighted by molar-refractivity contribution is 5.85. The Morgan fingerprint density at radius 3 is 2.62 bits per heavy atom. The van der Waals surface area contributed by atoms with Crippen LogP contribution in [0.1, 0.15) is 31.9 Å². The Labute approximate surface area is 141 Å². The van der Waals surface area contributed by atoms with Gasteiger partial charge in [-0.3, -0.25) is 9.69 Å². The summed E-state index contributed by atoms with van der Waals surface area (Å²) >= 11 is 0. The van der Waals surface area contributed by atoms with E-state index in [1.807, 2.05) is 32.7 Å². The summed E-state index contributed by atoms with van der Waals surface area (Å²) in [5.41, 5.74) is 0.909. The first kappa shape index (κ1) is 18.0.